The van der Waals surface area contributed by atoms with E-state index in [2.05, 4.69) is 4.98 Å². The molecule has 35 heavy (non-hydrogen) atoms. The van der Waals surface area contributed by atoms with Gasteiger partial charge < -0.3 is 23.7 Å². The highest BCUT2D eigenvalue weighted by Crippen LogP contribution is 2.34. The number of carbonyl (C=O) groups excluding carboxylic acids is 2. The van der Waals surface area contributed by atoms with Crippen molar-refractivity contribution in [3.63, 3.8) is 0 Å². The number of fused-ring (bicyclic) bond motifs is 2. The van der Waals surface area contributed by atoms with Gasteiger partial charge in [-0.2, -0.15) is 0 Å². The SMILES string of the molecule is Cc1cccn2cc(COc3ccc(C(=O)N4CC(C(=O)N(C)C)Oc5ccccc54)cc3)nc12. The molecule has 1 atom stereocenters. The molecule has 0 saturated heterocycles. The summed E-state index contributed by atoms with van der Waals surface area (Å²) in [7, 11) is 3.34. The molecule has 1 aliphatic heterocycles. The Morgan fingerprint density at radius 2 is 1.86 bits per heavy atom. The molecule has 1 aliphatic rings. The van der Waals surface area contributed by atoms with Gasteiger partial charge in [0.1, 0.15) is 23.8 Å². The number of hydrogen-bond donors (Lipinski definition) is 0. The van der Waals surface area contributed by atoms with Crippen LogP contribution in [-0.4, -0.2) is 52.8 Å². The molecule has 2 amide bonds. The molecule has 8 heteroatoms. The van der Waals surface area contributed by atoms with Crippen molar-refractivity contribution in [1.29, 1.82) is 0 Å². The lowest BCUT2D eigenvalue weighted by atomic mass is 10.1. The Bertz CT molecular complexity index is 1390. The van der Waals surface area contributed by atoms with Gasteiger partial charge >= 0.3 is 0 Å². The number of para-hydroxylation sites is 2. The smallest absolute Gasteiger partial charge is 0.265 e. The third-order valence-electron chi connectivity index (χ3n) is 5.95. The van der Waals surface area contributed by atoms with E-state index in [1.807, 2.05) is 54.0 Å². The van der Waals surface area contributed by atoms with Crippen LogP contribution in [0.2, 0.25) is 0 Å². The monoisotopic (exact) mass is 470 g/mol. The number of likely N-dealkylation sites (N-methyl/N-ethyl adjacent to an activating group) is 1. The lowest BCUT2D eigenvalue weighted by Gasteiger charge is -2.35. The number of imidazole rings is 1. The fourth-order valence-corrected chi connectivity index (χ4v) is 4.12. The first-order chi connectivity index (χ1) is 16.9. The van der Waals surface area contributed by atoms with Gasteiger partial charge in [0, 0.05) is 32.1 Å². The quantitative estimate of drug-likeness (QED) is 0.444. The van der Waals surface area contributed by atoms with Crippen LogP contribution in [0.15, 0.2) is 73.1 Å². The number of hydrogen-bond acceptors (Lipinski definition) is 5. The predicted molar refractivity (Wildman–Crippen MR) is 132 cm³/mol. The van der Waals surface area contributed by atoms with Gasteiger partial charge in [-0.05, 0) is 55.0 Å². The number of ether oxygens (including phenoxy) is 2. The number of aromatic nitrogens is 2. The minimum absolute atomic E-state index is 0.137. The Hall–Kier alpha value is -4.33. The molecule has 2 aromatic carbocycles. The maximum absolute atomic E-state index is 13.4. The van der Waals surface area contributed by atoms with Crippen LogP contribution in [0, 0.1) is 6.92 Å². The van der Waals surface area contributed by atoms with E-state index in [0.29, 0.717) is 29.4 Å². The molecular formula is C27H26N4O4. The maximum Gasteiger partial charge on any atom is 0.265 e. The Labute approximate surface area is 203 Å². The molecule has 1 unspecified atom stereocenters. The van der Waals surface area contributed by atoms with E-state index in [4.69, 9.17) is 9.47 Å². The average Bonchev–Trinajstić information content (AvgIpc) is 3.31. The fraction of sp³-hybridized carbons (Fsp3) is 0.222. The van der Waals surface area contributed by atoms with Crippen LogP contribution >= 0.6 is 0 Å². The molecular weight excluding hydrogens is 444 g/mol. The lowest BCUT2D eigenvalue weighted by molar-refractivity contribution is -0.135. The molecule has 3 heterocycles. The van der Waals surface area contributed by atoms with Crippen molar-refractivity contribution in [3.8, 4) is 11.5 Å². The van der Waals surface area contributed by atoms with Gasteiger partial charge in [0.2, 0.25) is 0 Å². The zero-order valence-electron chi connectivity index (χ0n) is 19.8. The molecule has 0 bridgehead atoms. The van der Waals surface area contributed by atoms with Crippen molar-refractivity contribution in [2.24, 2.45) is 0 Å². The van der Waals surface area contributed by atoms with E-state index in [9.17, 15) is 9.59 Å². The summed E-state index contributed by atoms with van der Waals surface area (Å²) in [5, 5.41) is 0. The summed E-state index contributed by atoms with van der Waals surface area (Å²) < 4.78 is 13.8. The summed E-state index contributed by atoms with van der Waals surface area (Å²) in [5.41, 5.74) is 3.96. The van der Waals surface area contributed by atoms with E-state index in [1.54, 1.807) is 49.3 Å². The lowest BCUT2D eigenvalue weighted by Crippen LogP contribution is -2.50. The summed E-state index contributed by atoms with van der Waals surface area (Å²) >= 11 is 0. The summed E-state index contributed by atoms with van der Waals surface area (Å²) in [4.78, 5) is 33.7. The largest absolute Gasteiger partial charge is 0.487 e. The Morgan fingerprint density at radius 1 is 1.09 bits per heavy atom. The highest BCUT2D eigenvalue weighted by Gasteiger charge is 2.34. The molecule has 0 fully saturated rings. The molecule has 0 saturated carbocycles. The average molecular weight is 471 g/mol. The molecule has 0 radical (unpaired) electrons. The van der Waals surface area contributed by atoms with E-state index in [0.717, 1.165) is 16.9 Å². The minimum atomic E-state index is -0.763. The molecule has 8 nitrogen and oxygen atoms in total. The second-order valence-electron chi connectivity index (χ2n) is 8.69. The number of aryl methyl sites for hydroxylation is 1. The number of nitrogens with zero attached hydrogens (tertiary/aromatic N) is 4. The van der Waals surface area contributed by atoms with Crippen molar-refractivity contribution < 1.29 is 19.1 Å². The molecule has 2 aromatic heterocycles. The first-order valence-corrected chi connectivity index (χ1v) is 11.4. The Kier molecular flexibility index (Phi) is 5.86. The van der Waals surface area contributed by atoms with Crippen LogP contribution < -0.4 is 14.4 Å². The van der Waals surface area contributed by atoms with Gasteiger partial charge in [-0.15, -0.1) is 0 Å². The van der Waals surface area contributed by atoms with E-state index in [1.165, 1.54) is 4.90 Å². The van der Waals surface area contributed by atoms with Gasteiger partial charge in [-0.1, -0.05) is 18.2 Å². The van der Waals surface area contributed by atoms with Crippen molar-refractivity contribution in [3.05, 3.63) is 89.9 Å². The van der Waals surface area contributed by atoms with Crippen LogP contribution in [0.25, 0.3) is 5.65 Å². The number of pyridine rings is 1. The third-order valence-corrected chi connectivity index (χ3v) is 5.95. The van der Waals surface area contributed by atoms with Gasteiger partial charge in [0.15, 0.2) is 6.10 Å². The Balaban J connectivity index is 1.31. The number of amides is 2. The normalized spacial score (nSPS) is 14.8. The third kappa shape index (κ3) is 4.42. The number of carbonyl (C=O) groups is 2. The zero-order valence-corrected chi connectivity index (χ0v) is 19.8. The highest BCUT2D eigenvalue weighted by molar-refractivity contribution is 6.08. The van der Waals surface area contributed by atoms with Crippen LogP contribution in [0.1, 0.15) is 21.6 Å². The summed E-state index contributed by atoms with van der Waals surface area (Å²) in [6.07, 6.45) is 3.14. The van der Waals surface area contributed by atoms with Crippen molar-refractivity contribution in [2.45, 2.75) is 19.6 Å². The number of benzene rings is 2. The van der Waals surface area contributed by atoms with Gasteiger partial charge in [-0.3, -0.25) is 9.59 Å². The highest BCUT2D eigenvalue weighted by atomic mass is 16.5. The zero-order chi connectivity index (χ0) is 24.5. The second kappa shape index (κ2) is 9.13. The van der Waals surface area contributed by atoms with Gasteiger partial charge in [-0.25, -0.2) is 4.98 Å². The second-order valence-corrected chi connectivity index (χ2v) is 8.69. The minimum Gasteiger partial charge on any atom is -0.487 e. The molecule has 0 aliphatic carbocycles. The van der Waals surface area contributed by atoms with Crippen LogP contribution in [0.3, 0.4) is 0 Å². The van der Waals surface area contributed by atoms with Gasteiger partial charge in [0.25, 0.3) is 11.8 Å². The molecule has 4 aromatic rings. The van der Waals surface area contributed by atoms with E-state index >= 15 is 0 Å². The van der Waals surface area contributed by atoms with Gasteiger partial charge in [0.05, 0.1) is 17.9 Å². The summed E-state index contributed by atoms with van der Waals surface area (Å²) in [6.45, 7) is 2.48. The standard InChI is InChI=1S/C27H26N4O4/c1-18-7-6-14-30-15-20(28-25(18)30)17-34-21-12-10-19(11-13-21)26(32)31-16-24(27(33)29(2)3)35-23-9-5-4-8-22(23)31/h4-15,24H,16-17H2,1-3H3. The molecule has 5 rings (SSSR count). The maximum atomic E-state index is 13.4. The van der Waals surface area contributed by atoms with Crippen LogP contribution in [0.4, 0.5) is 5.69 Å². The van der Waals surface area contributed by atoms with E-state index in [-0.39, 0.29) is 18.4 Å². The first kappa shape index (κ1) is 22.5. The molecule has 178 valence electrons. The number of anilines is 1. The number of rotatable bonds is 5. The van der Waals surface area contributed by atoms with Crippen LogP contribution in [-0.2, 0) is 11.4 Å². The summed E-state index contributed by atoms with van der Waals surface area (Å²) in [6, 6.07) is 18.2. The fourth-order valence-electron chi connectivity index (χ4n) is 4.12. The molecule has 0 spiro atoms. The summed E-state index contributed by atoms with van der Waals surface area (Å²) in [5.74, 6) is 0.746. The van der Waals surface area contributed by atoms with Crippen molar-refractivity contribution >= 4 is 23.1 Å². The first-order valence-electron chi connectivity index (χ1n) is 11.4. The van der Waals surface area contributed by atoms with Crippen LogP contribution in [0.5, 0.6) is 11.5 Å². The predicted octanol–water partition coefficient (Wildman–Crippen LogP) is 3.72. The molecule has 0 N–H and O–H groups in total. The Morgan fingerprint density at radius 3 is 2.60 bits per heavy atom. The van der Waals surface area contributed by atoms with Crippen molar-refractivity contribution in [2.75, 3.05) is 25.5 Å². The topological polar surface area (TPSA) is 76.4 Å². The van der Waals surface area contributed by atoms with E-state index < -0.39 is 6.10 Å². The van der Waals surface area contributed by atoms with Crippen molar-refractivity contribution in [1.82, 2.24) is 14.3 Å².